The van der Waals surface area contributed by atoms with E-state index < -0.39 is 0 Å². The van der Waals surface area contributed by atoms with Gasteiger partial charge in [-0.15, -0.1) is 0 Å². The van der Waals surface area contributed by atoms with Crippen LogP contribution in [0.15, 0.2) is 18.2 Å². The second kappa shape index (κ2) is 4.86. The van der Waals surface area contributed by atoms with E-state index in [0.717, 1.165) is 23.5 Å². The second-order valence-electron chi connectivity index (χ2n) is 3.32. The van der Waals surface area contributed by atoms with Crippen LogP contribution in [-0.2, 0) is 6.42 Å². The molecule has 2 N–H and O–H groups in total. The van der Waals surface area contributed by atoms with E-state index >= 15 is 0 Å². The standard InChI is InChI=1S/C11H17NO2/c1-8(12)7-9-10(13-2)5-4-6-11(9)14-3/h4-6,8H,7,12H2,1-3H3/t8-/m0/s1. The van der Waals surface area contributed by atoms with Crippen LogP contribution in [-0.4, -0.2) is 20.3 Å². The van der Waals surface area contributed by atoms with Gasteiger partial charge in [0, 0.05) is 11.6 Å². The van der Waals surface area contributed by atoms with Crippen LogP contribution in [0, 0.1) is 0 Å². The van der Waals surface area contributed by atoms with Crippen LogP contribution in [0.2, 0.25) is 0 Å². The second-order valence-corrected chi connectivity index (χ2v) is 3.32. The summed E-state index contributed by atoms with van der Waals surface area (Å²) in [5.74, 6) is 1.67. The van der Waals surface area contributed by atoms with Crippen molar-refractivity contribution in [1.82, 2.24) is 0 Å². The van der Waals surface area contributed by atoms with Crippen molar-refractivity contribution < 1.29 is 9.47 Å². The molecular formula is C11H17NO2. The Morgan fingerprint density at radius 3 is 2.07 bits per heavy atom. The maximum absolute atomic E-state index is 5.76. The van der Waals surface area contributed by atoms with Gasteiger partial charge in [0.05, 0.1) is 14.2 Å². The fourth-order valence-corrected chi connectivity index (χ4v) is 1.45. The molecular weight excluding hydrogens is 178 g/mol. The SMILES string of the molecule is COc1cccc(OC)c1C[C@H](C)N. The number of rotatable bonds is 4. The lowest BCUT2D eigenvalue weighted by Gasteiger charge is -2.14. The molecule has 14 heavy (non-hydrogen) atoms. The van der Waals surface area contributed by atoms with E-state index in [1.807, 2.05) is 25.1 Å². The molecule has 0 radical (unpaired) electrons. The molecule has 1 aromatic carbocycles. The molecule has 0 saturated carbocycles. The molecule has 3 heteroatoms. The molecule has 0 aliphatic rings. The average molecular weight is 195 g/mol. The predicted octanol–water partition coefficient (Wildman–Crippen LogP) is 1.59. The minimum atomic E-state index is 0.0974. The highest BCUT2D eigenvalue weighted by atomic mass is 16.5. The zero-order valence-corrected chi connectivity index (χ0v) is 8.91. The monoisotopic (exact) mass is 195 g/mol. The predicted molar refractivity (Wildman–Crippen MR) is 56.9 cm³/mol. The summed E-state index contributed by atoms with van der Waals surface area (Å²) in [6.07, 6.45) is 0.757. The van der Waals surface area contributed by atoms with Crippen molar-refractivity contribution in [3.8, 4) is 11.5 Å². The lowest BCUT2D eigenvalue weighted by atomic mass is 10.1. The quantitative estimate of drug-likeness (QED) is 0.793. The number of ether oxygens (including phenoxy) is 2. The minimum absolute atomic E-state index is 0.0974. The van der Waals surface area contributed by atoms with E-state index in [9.17, 15) is 0 Å². The molecule has 1 atom stereocenters. The van der Waals surface area contributed by atoms with Crippen LogP contribution in [0.4, 0.5) is 0 Å². The Morgan fingerprint density at radius 1 is 1.21 bits per heavy atom. The zero-order valence-electron chi connectivity index (χ0n) is 8.91. The average Bonchev–Trinajstić information content (AvgIpc) is 2.17. The van der Waals surface area contributed by atoms with Gasteiger partial charge in [-0.25, -0.2) is 0 Å². The molecule has 0 aliphatic carbocycles. The van der Waals surface area contributed by atoms with Crippen molar-refractivity contribution in [2.24, 2.45) is 5.73 Å². The first kappa shape index (κ1) is 10.9. The first-order valence-electron chi connectivity index (χ1n) is 4.64. The van der Waals surface area contributed by atoms with Crippen molar-refractivity contribution in [3.63, 3.8) is 0 Å². The van der Waals surface area contributed by atoms with Gasteiger partial charge in [-0.1, -0.05) is 6.07 Å². The largest absolute Gasteiger partial charge is 0.496 e. The molecule has 0 bridgehead atoms. The number of benzene rings is 1. The minimum Gasteiger partial charge on any atom is -0.496 e. The van der Waals surface area contributed by atoms with E-state index in [1.165, 1.54) is 0 Å². The van der Waals surface area contributed by atoms with Crippen LogP contribution < -0.4 is 15.2 Å². The van der Waals surface area contributed by atoms with Crippen molar-refractivity contribution in [2.45, 2.75) is 19.4 Å². The Kier molecular flexibility index (Phi) is 3.77. The third-order valence-corrected chi connectivity index (χ3v) is 2.06. The number of methoxy groups -OCH3 is 2. The van der Waals surface area contributed by atoms with Gasteiger partial charge in [0.2, 0.25) is 0 Å². The van der Waals surface area contributed by atoms with Crippen molar-refractivity contribution in [2.75, 3.05) is 14.2 Å². The van der Waals surface area contributed by atoms with Gasteiger partial charge in [0.25, 0.3) is 0 Å². The normalized spacial score (nSPS) is 12.3. The maximum Gasteiger partial charge on any atom is 0.125 e. The number of hydrogen-bond donors (Lipinski definition) is 1. The highest BCUT2D eigenvalue weighted by Gasteiger charge is 2.10. The summed E-state index contributed by atoms with van der Waals surface area (Å²) in [6.45, 7) is 1.96. The van der Waals surface area contributed by atoms with Gasteiger partial charge < -0.3 is 15.2 Å². The Hall–Kier alpha value is -1.22. The summed E-state index contributed by atoms with van der Waals surface area (Å²) in [7, 11) is 3.30. The van der Waals surface area contributed by atoms with Gasteiger partial charge in [0.1, 0.15) is 11.5 Å². The van der Waals surface area contributed by atoms with E-state index in [-0.39, 0.29) is 6.04 Å². The molecule has 1 rings (SSSR count). The van der Waals surface area contributed by atoms with E-state index in [1.54, 1.807) is 14.2 Å². The Labute approximate surface area is 84.8 Å². The van der Waals surface area contributed by atoms with Crippen LogP contribution in [0.3, 0.4) is 0 Å². The lowest BCUT2D eigenvalue weighted by Crippen LogP contribution is -2.18. The Balaban J connectivity index is 3.05. The van der Waals surface area contributed by atoms with Gasteiger partial charge in [-0.2, -0.15) is 0 Å². The van der Waals surface area contributed by atoms with Crippen molar-refractivity contribution >= 4 is 0 Å². The highest BCUT2D eigenvalue weighted by molar-refractivity contribution is 5.45. The fraction of sp³-hybridized carbons (Fsp3) is 0.455. The summed E-state index contributed by atoms with van der Waals surface area (Å²) >= 11 is 0. The highest BCUT2D eigenvalue weighted by Crippen LogP contribution is 2.28. The summed E-state index contributed by atoms with van der Waals surface area (Å²) in [5.41, 5.74) is 6.80. The molecule has 0 saturated heterocycles. The van der Waals surface area contributed by atoms with Crippen molar-refractivity contribution in [3.05, 3.63) is 23.8 Å². The summed E-state index contributed by atoms with van der Waals surface area (Å²) in [5, 5.41) is 0. The molecule has 1 aromatic rings. The summed E-state index contributed by atoms with van der Waals surface area (Å²) in [6, 6.07) is 5.84. The number of hydrogen-bond acceptors (Lipinski definition) is 3. The first-order chi connectivity index (χ1) is 6.69. The molecule has 0 aliphatic heterocycles. The third kappa shape index (κ3) is 2.39. The maximum atomic E-state index is 5.76. The van der Waals surface area contributed by atoms with Crippen LogP contribution in [0.1, 0.15) is 12.5 Å². The Bertz CT molecular complexity index is 275. The van der Waals surface area contributed by atoms with E-state index in [2.05, 4.69) is 0 Å². The molecule has 0 spiro atoms. The van der Waals surface area contributed by atoms with Gasteiger partial charge >= 0.3 is 0 Å². The van der Waals surface area contributed by atoms with Crippen LogP contribution in [0.5, 0.6) is 11.5 Å². The van der Waals surface area contributed by atoms with Gasteiger partial charge in [-0.3, -0.25) is 0 Å². The van der Waals surface area contributed by atoms with Crippen LogP contribution in [0.25, 0.3) is 0 Å². The molecule has 3 nitrogen and oxygen atoms in total. The molecule has 0 aromatic heterocycles. The molecule has 0 unspecified atom stereocenters. The smallest absolute Gasteiger partial charge is 0.125 e. The third-order valence-electron chi connectivity index (χ3n) is 2.06. The first-order valence-corrected chi connectivity index (χ1v) is 4.64. The van der Waals surface area contributed by atoms with Gasteiger partial charge in [0.15, 0.2) is 0 Å². The van der Waals surface area contributed by atoms with E-state index in [0.29, 0.717) is 0 Å². The van der Waals surface area contributed by atoms with E-state index in [4.69, 9.17) is 15.2 Å². The zero-order chi connectivity index (χ0) is 10.6. The Morgan fingerprint density at radius 2 is 1.71 bits per heavy atom. The van der Waals surface area contributed by atoms with Crippen molar-refractivity contribution in [1.29, 1.82) is 0 Å². The molecule has 78 valence electrons. The summed E-state index contributed by atoms with van der Waals surface area (Å²) in [4.78, 5) is 0. The molecule has 0 heterocycles. The van der Waals surface area contributed by atoms with Crippen LogP contribution >= 0.6 is 0 Å². The molecule has 0 fully saturated rings. The molecule has 0 amide bonds. The topological polar surface area (TPSA) is 44.5 Å². The summed E-state index contributed by atoms with van der Waals surface area (Å²) < 4.78 is 10.5. The van der Waals surface area contributed by atoms with Gasteiger partial charge in [-0.05, 0) is 25.5 Å². The fourth-order valence-electron chi connectivity index (χ4n) is 1.45. The number of nitrogens with two attached hydrogens (primary N) is 1. The lowest BCUT2D eigenvalue weighted by molar-refractivity contribution is 0.383.